The summed E-state index contributed by atoms with van der Waals surface area (Å²) in [5.41, 5.74) is 1.07. The number of sulfonamides is 1. The minimum Gasteiger partial charge on any atom is -0.320 e. The van der Waals surface area contributed by atoms with Crippen LogP contribution in [0.2, 0.25) is 10.0 Å². The highest BCUT2D eigenvalue weighted by molar-refractivity contribution is 7.89. The Morgan fingerprint density at radius 1 is 1.13 bits per heavy atom. The number of rotatable bonds is 7. The summed E-state index contributed by atoms with van der Waals surface area (Å²) >= 11 is 12.2. The van der Waals surface area contributed by atoms with Crippen molar-refractivity contribution in [3.05, 3.63) is 64.7 Å². The molecule has 11 heteroatoms. The maximum Gasteiger partial charge on any atom is 0.255 e. The summed E-state index contributed by atoms with van der Waals surface area (Å²) in [7, 11) is -3.83. The number of aromatic nitrogens is 3. The molecule has 0 aliphatic heterocycles. The van der Waals surface area contributed by atoms with Gasteiger partial charge in [-0.05, 0) is 36.4 Å². The van der Waals surface area contributed by atoms with Crippen LogP contribution in [0.15, 0.2) is 53.9 Å². The number of carbonyl (C=O) groups excluding carboxylic acids is 1. The summed E-state index contributed by atoms with van der Waals surface area (Å²) in [4.78, 5) is 16.7. The number of benzene rings is 2. The van der Waals surface area contributed by atoms with Gasteiger partial charge < -0.3 is 5.32 Å². The van der Waals surface area contributed by atoms with Gasteiger partial charge in [-0.15, -0.1) is 0 Å². The van der Waals surface area contributed by atoms with Gasteiger partial charge in [0.2, 0.25) is 10.0 Å². The zero-order chi connectivity index (χ0) is 21.9. The molecule has 3 aromatic rings. The monoisotopic (exact) mass is 467 g/mol. The van der Waals surface area contributed by atoms with Crippen LogP contribution in [0, 0.1) is 0 Å². The van der Waals surface area contributed by atoms with E-state index in [2.05, 4.69) is 15.4 Å². The van der Waals surface area contributed by atoms with Crippen molar-refractivity contribution in [1.82, 2.24) is 19.1 Å². The summed E-state index contributed by atoms with van der Waals surface area (Å²) in [6.07, 6.45) is 2.85. The van der Waals surface area contributed by atoms with Crippen molar-refractivity contribution in [2.75, 3.05) is 18.4 Å². The smallest absolute Gasteiger partial charge is 0.255 e. The van der Waals surface area contributed by atoms with Gasteiger partial charge in [0.15, 0.2) is 0 Å². The van der Waals surface area contributed by atoms with Crippen LogP contribution >= 0.6 is 23.2 Å². The zero-order valence-electron chi connectivity index (χ0n) is 16.2. The Morgan fingerprint density at radius 3 is 2.50 bits per heavy atom. The molecule has 1 aromatic heterocycles. The number of hydrogen-bond acceptors (Lipinski definition) is 5. The Bertz CT molecular complexity index is 1160. The van der Waals surface area contributed by atoms with Gasteiger partial charge in [-0.25, -0.2) is 18.1 Å². The Labute approximate surface area is 184 Å². The minimum atomic E-state index is -3.83. The second kappa shape index (κ2) is 9.13. The summed E-state index contributed by atoms with van der Waals surface area (Å²) < 4.78 is 28.5. The van der Waals surface area contributed by atoms with Crippen LogP contribution in [-0.2, 0) is 10.0 Å². The number of hydrogen-bond donors (Lipinski definition) is 1. The third-order valence-electron chi connectivity index (χ3n) is 4.39. The summed E-state index contributed by atoms with van der Waals surface area (Å²) in [5, 5.41) is 7.27. The fourth-order valence-corrected chi connectivity index (χ4v) is 5.01. The van der Waals surface area contributed by atoms with E-state index in [0.717, 1.165) is 0 Å². The highest BCUT2D eigenvalue weighted by Gasteiger charge is 2.25. The van der Waals surface area contributed by atoms with Gasteiger partial charge in [0.25, 0.3) is 5.91 Å². The normalized spacial score (nSPS) is 11.6. The molecular formula is C19H19Cl2N5O3S. The standard InChI is InChI=1S/C19H19Cl2N5O3S/c1-3-25(4-2)30(28,29)18-9-13(5-7-15(18)21)19(27)24-16-10-14(20)6-8-17(16)26-12-22-11-23-26/h5-12H,3-4H2,1-2H3,(H,24,27). The van der Waals surface area contributed by atoms with E-state index in [4.69, 9.17) is 23.2 Å². The molecule has 1 amide bonds. The average Bonchev–Trinajstić information content (AvgIpc) is 3.23. The van der Waals surface area contributed by atoms with E-state index < -0.39 is 15.9 Å². The van der Waals surface area contributed by atoms with Crippen LogP contribution in [0.5, 0.6) is 0 Å². The van der Waals surface area contributed by atoms with E-state index in [1.165, 1.54) is 39.8 Å². The van der Waals surface area contributed by atoms with E-state index in [-0.39, 0.29) is 28.6 Å². The van der Waals surface area contributed by atoms with Crippen molar-refractivity contribution in [2.24, 2.45) is 0 Å². The molecule has 2 aromatic carbocycles. The predicted molar refractivity (Wildman–Crippen MR) is 116 cm³/mol. The number of halogens is 2. The molecule has 0 radical (unpaired) electrons. The first-order valence-corrected chi connectivity index (χ1v) is 11.2. The van der Waals surface area contributed by atoms with Gasteiger partial charge >= 0.3 is 0 Å². The first kappa shape index (κ1) is 22.2. The second-order valence-corrected chi connectivity index (χ2v) is 8.94. The van der Waals surface area contributed by atoms with Gasteiger partial charge in [-0.1, -0.05) is 37.0 Å². The lowest BCUT2D eigenvalue weighted by Gasteiger charge is -2.19. The molecule has 0 aliphatic rings. The van der Waals surface area contributed by atoms with E-state index in [0.29, 0.717) is 16.4 Å². The van der Waals surface area contributed by atoms with E-state index in [1.807, 2.05) is 0 Å². The molecule has 8 nitrogen and oxygen atoms in total. The molecule has 0 saturated carbocycles. The molecule has 0 unspecified atom stereocenters. The molecule has 30 heavy (non-hydrogen) atoms. The number of carbonyl (C=O) groups is 1. The van der Waals surface area contributed by atoms with Crippen LogP contribution < -0.4 is 5.32 Å². The van der Waals surface area contributed by atoms with Crippen molar-refractivity contribution in [3.63, 3.8) is 0 Å². The molecule has 1 heterocycles. The maximum absolute atomic E-state index is 12.9. The summed E-state index contributed by atoms with van der Waals surface area (Å²) in [6, 6.07) is 9.03. The zero-order valence-corrected chi connectivity index (χ0v) is 18.5. The molecule has 0 aliphatic carbocycles. The van der Waals surface area contributed by atoms with Crippen molar-refractivity contribution in [2.45, 2.75) is 18.7 Å². The van der Waals surface area contributed by atoms with E-state index in [1.54, 1.807) is 32.0 Å². The second-order valence-electron chi connectivity index (χ2n) is 6.19. The Kier molecular flexibility index (Phi) is 6.77. The molecule has 0 bridgehead atoms. The molecule has 0 saturated heterocycles. The van der Waals surface area contributed by atoms with Gasteiger partial charge in [0, 0.05) is 23.7 Å². The molecule has 0 fully saturated rings. The first-order chi connectivity index (χ1) is 14.3. The van der Waals surface area contributed by atoms with Crippen molar-refractivity contribution in [1.29, 1.82) is 0 Å². The van der Waals surface area contributed by atoms with Gasteiger partial charge in [0.1, 0.15) is 17.6 Å². The quantitative estimate of drug-likeness (QED) is 0.568. The van der Waals surface area contributed by atoms with E-state index in [9.17, 15) is 13.2 Å². The highest BCUT2D eigenvalue weighted by Crippen LogP contribution is 2.28. The molecule has 3 rings (SSSR count). The molecular weight excluding hydrogens is 449 g/mol. The fourth-order valence-electron chi connectivity index (χ4n) is 2.88. The van der Waals surface area contributed by atoms with Crippen LogP contribution in [0.4, 0.5) is 5.69 Å². The molecule has 158 valence electrons. The van der Waals surface area contributed by atoms with Crippen molar-refractivity contribution >= 4 is 44.8 Å². The van der Waals surface area contributed by atoms with Gasteiger partial charge in [0.05, 0.1) is 16.4 Å². The Morgan fingerprint density at radius 2 is 1.87 bits per heavy atom. The van der Waals surface area contributed by atoms with Gasteiger partial charge in [-0.2, -0.15) is 9.40 Å². The number of amides is 1. The lowest BCUT2D eigenvalue weighted by molar-refractivity contribution is 0.102. The topological polar surface area (TPSA) is 97.2 Å². The lowest BCUT2D eigenvalue weighted by atomic mass is 10.2. The SMILES string of the molecule is CCN(CC)S(=O)(=O)c1cc(C(=O)Nc2cc(Cl)ccc2-n2cncn2)ccc1Cl. The minimum absolute atomic E-state index is 0.0458. The van der Waals surface area contributed by atoms with Crippen LogP contribution in [0.25, 0.3) is 5.69 Å². The first-order valence-electron chi connectivity index (χ1n) is 9.03. The van der Waals surface area contributed by atoms with Crippen LogP contribution in [-0.4, -0.2) is 46.5 Å². The van der Waals surface area contributed by atoms with Crippen molar-refractivity contribution in [3.8, 4) is 5.69 Å². The number of nitrogens with one attached hydrogen (secondary N) is 1. The molecule has 1 N–H and O–H groups in total. The highest BCUT2D eigenvalue weighted by atomic mass is 35.5. The third kappa shape index (κ3) is 4.49. The average molecular weight is 468 g/mol. The third-order valence-corrected chi connectivity index (χ3v) is 7.16. The predicted octanol–water partition coefficient (Wildman–Crippen LogP) is 3.86. The Balaban J connectivity index is 1.97. The van der Waals surface area contributed by atoms with Crippen LogP contribution in [0.1, 0.15) is 24.2 Å². The summed E-state index contributed by atoms with van der Waals surface area (Å²) in [6.45, 7) is 4.04. The maximum atomic E-state index is 12.9. The number of anilines is 1. The fraction of sp³-hybridized carbons (Fsp3) is 0.211. The summed E-state index contributed by atoms with van der Waals surface area (Å²) in [5.74, 6) is -0.522. The van der Waals surface area contributed by atoms with Crippen molar-refractivity contribution < 1.29 is 13.2 Å². The lowest BCUT2D eigenvalue weighted by Crippen LogP contribution is -2.31. The molecule has 0 atom stereocenters. The largest absolute Gasteiger partial charge is 0.320 e. The number of nitrogens with zero attached hydrogens (tertiary/aromatic N) is 4. The Hall–Kier alpha value is -2.46. The molecule has 0 spiro atoms. The van der Waals surface area contributed by atoms with E-state index >= 15 is 0 Å². The van der Waals surface area contributed by atoms with Crippen LogP contribution in [0.3, 0.4) is 0 Å². The van der Waals surface area contributed by atoms with Gasteiger partial charge in [-0.3, -0.25) is 4.79 Å².